The number of esters is 1. The lowest BCUT2D eigenvalue weighted by Crippen LogP contribution is -2.15. The van der Waals surface area contributed by atoms with E-state index < -0.39 is 16.0 Å². The fourth-order valence-electron chi connectivity index (χ4n) is 1.97. The van der Waals surface area contributed by atoms with Crippen molar-refractivity contribution >= 4 is 50.3 Å². The maximum Gasteiger partial charge on any atom is 0.350 e. The first-order valence-corrected chi connectivity index (χ1v) is 10.5. The van der Waals surface area contributed by atoms with Crippen LogP contribution in [-0.2, 0) is 21.4 Å². The zero-order valence-electron chi connectivity index (χ0n) is 12.5. The maximum absolute atomic E-state index is 12.1. The van der Waals surface area contributed by atoms with E-state index in [1.807, 2.05) is 12.1 Å². The van der Waals surface area contributed by atoms with Crippen molar-refractivity contribution < 1.29 is 17.9 Å². The van der Waals surface area contributed by atoms with Crippen LogP contribution in [0.25, 0.3) is 10.6 Å². The number of hydrogen-bond acceptors (Lipinski definition) is 7. The molecule has 10 heteroatoms. The van der Waals surface area contributed by atoms with Gasteiger partial charge in [0, 0.05) is 16.0 Å². The van der Waals surface area contributed by atoms with Crippen molar-refractivity contribution in [2.24, 2.45) is 5.14 Å². The number of sulfonamides is 1. The van der Waals surface area contributed by atoms with Crippen molar-refractivity contribution in [3.63, 3.8) is 0 Å². The Morgan fingerprint density at radius 2 is 1.92 bits per heavy atom. The van der Waals surface area contributed by atoms with Gasteiger partial charge in [-0.2, -0.15) is 0 Å². The van der Waals surface area contributed by atoms with Gasteiger partial charge in [0.15, 0.2) is 0 Å². The van der Waals surface area contributed by atoms with Crippen LogP contribution in [0.2, 0.25) is 5.02 Å². The molecule has 1 aromatic carbocycles. The van der Waals surface area contributed by atoms with E-state index in [9.17, 15) is 13.2 Å². The summed E-state index contributed by atoms with van der Waals surface area (Å²) in [4.78, 5) is 16.2. The Bertz CT molecular complexity index is 1010. The van der Waals surface area contributed by atoms with Crippen LogP contribution in [0.4, 0.5) is 0 Å². The summed E-state index contributed by atoms with van der Waals surface area (Å²) < 4.78 is 28.0. The Balaban J connectivity index is 1.70. The van der Waals surface area contributed by atoms with Crippen molar-refractivity contribution in [3.05, 3.63) is 56.7 Å². The summed E-state index contributed by atoms with van der Waals surface area (Å²) >= 11 is 8.22. The highest BCUT2D eigenvalue weighted by atomic mass is 35.5. The van der Waals surface area contributed by atoms with Gasteiger partial charge in [0.25, 0.3) is 0 Å². The molecule has 0 aliphatic carbocycles. The topological polar surface area (TPSA) is 99.4 Å². The van der Waals surface area contributed by atoms with Crippen LogP contribution < -0.4 is 5.14 Å². The van der Waals surface area contributed by atoms with Crippen molar-refractivity contribution in [1.29, 1.82) is 0 Å². The van der Waals surface area contributed by atoms with Crippen LogP contribution in [0.1, 0.15) is 15.4 Å². The molecule has 130 valence electrons. The average Bonchev–Trinajstić information content (AvgIpc) is 3.22. The second kappa shape index (κ2) is 7.22. The fraction of sp³-hybridized carbons (Fsp3) is 0.0667. The Morgan fingerprint density at radius 3 is 2.60 bits per heavy atom. The molecular formula is C15H11ClN2O4S3. The quantitative estimate of drug-likeness (QED) is 0.644. The molecule has 6 nitrogen and oxygen atoms in total. The van der Waals surface area contributed by atoms with Crippen molar-refractivity contribution in [2.75, 3.05) is 0 Å². The number of benzene rings is 1. The predicted octanol–water partition coefficient (Wildman–Crippen LogP) is 3.53. The third-order valence-electron chi connectivity index (χ3n) is 3.12. The summed E-state index contributed by atoms with van der Waals surface area (Å²) in [6, 6.07) is 8.51. The SMILES string of the molecule is NS(=O)(=O)c1ccsc1C(=O)OCc1csc(-c2ccc(Cl)cc2)n1. The Kier molecular flexibility index (Phi) is 5.21. The lowest BCUT2D eigenvalue weighted by atomic mass is 10.2. The number of carbonyl (C=O) groups excluding carboxylic acids is 1. The summed E-state index contributed by atoms with van der Waals surface area (Å²) in [5, 5.41) is 9.72. The molecule has 0 saturated heterocycles. The molecule has 25 heavy (non-hydrogen) atoms. The van der Waals surface area contributed by atoms with E-state index in [-0.39, 0.29) is 16.4 Å². The number of nitrogens with zero attached hydrogens (tertiary/aromatic N) is 1. The number of primary sulfonamides is 1. The molecule has 0 unspecified atom stereocenters. The first kappa shape index (κ1) is 18.0. The number of nitrogens with two attached hydrogens (primary N) is 1. The first-order valence-electron chi connectivity index (χ1n) is 6.82. The van der Waals surface area contributed by atoms with E-state index in [2.05, 4.69) is 4.98 Å². The van der Waals surface area contributed by atoms with Crippen LogP contribution in [0.3, 0.4) is 0 Å². The van der Waals surface area contributed by atoms with Gasteiger partial charge in [0.1, 0.15) is 21.4 Å². The Labute approximate surface area is 156 Å². The molecule has 2 heterocycles. The van der Waals surface area contributed by atoms with Crippen LogP contribution >= 0.6 is 34.3 Å². The summed E-state index contributed by atoms with van der Waals surface area (Å²) in [5.74, 6) is -0.750. The van der Waals surface area contributed by atoms with Gasteiger partial charge in [-0.3, -0.25) is 0 Å². The molecule has 0 fully saturated rings. The molecule has 0 bridgehead atoms. The zero-order chi connectivity index (χ0) is 18.0. The van der Waals surface area contributed by atoms with Gasteiger partial charge < -0.3 is 4.74 Å². The standard InChI is InChI=1S/C15H11ClN2O4S3/c16-10-3-1-9(2-4-10)14-18-11(8-24-14)7-22-15(19)13-12(5-6-23-13)25(17,20)21/h1-6,8H,7H2,(H2,17,20,21). The van der Waals surface area contributed by atoms with Crippen LogP contribution in [0.15, 0.2) is 46.0 Å². The highest BCUT2D eigenvalue weighted by Gasteiger charge is 2.22. The molecule has 3 aromatic rings. The number of thiazole rings is 1. The van der Waals surface area contributed by atoms with Gasteiger partial charge in [0.05, 0.1) is 5.69 Å². The van der Waals surface area contributed by atoms with Crippen molar-refractivity contribution in [3.8, 4) is 10.6 Å². The van der Waals surface area contributed by atoms with Crippen LogP contribution in [-0.4, -0.2) is 19.4 Å². The second-order valence-electron chi connectivity index (χ2n) is 4.89. The number of hydrogen-bond donors (Lipinski definition) is 1. The maximum atomic E-state index is 12.1. The van der Waals surface area contributed by atoms with Gasteiger partial charge in [-0.1, -0.05) is 23.7 Å². The van der Waals surface area contributed by atoms with Gasteiger partial charge >= 0.3 is 5.97 Å². The van der Waals surface area contributed by atoms with Gasteiger partial charge in [0.2, 0.25) is 10.0 Å². The Hall–Kier alpha value is -1.78. The number of rotatable bonds is 5. The molecular weight excluding hydrogens is 404 g/mol. The predicted molar refractivity (Wildman–Crippen MR) is 97.4 cm³/mol. The van der Waals surface area contributed by atoms with E-state index in [0.29, 0.717) is 10.7 Å². The lowest BCUT2D eigenvalue weighted by molar-refractivity contribution is 0.0470. The first-order chi connectivity index (χ1) is 11.8. The second-order valence-corrected chi connectivity index (χ2v) is 8.63. The number of aromatic nitrogens is 1. The lowest BCUT2D eigenvalue weighted by Gasteiger charge is -2.03. The monoisotopic (exact) mass is 414 g/mol. The molecule has 0 aliphatic heterocycles. The van der Waals surface area contributed by atoms with E-state index in [0.717, 1.165) is 21.9 Å². The number of ether oxygens (including phenoxy) is 1. The van der Waals surface area contributed by atoms with Gasteiger partial charge in [-0.05, 0) is 23.6 Å². The fourth-order valence-corrected chi connectivity index (χ4v) is 4.77. The zero-order valence-corrected chi connectivity index (χ0v) is 15.7. The molecule has 0 saturated carbocycles. The van der Waals surface area contributed by atoms with E-state index in [4.69, 9.17) is 21.5 Å². The molecule has 2 N–H and O–H groups in total. The van der Waals surface area contributed by atoms with Gasteiger partial charge in [-0.25, -0.2) is 23.3 Å². The summed E-state index contributed by atoms with van der Waals surface area (Å²) in [6.45, 7) is -0.0646. The third kappa shape index (κ3) is 4.25. The smallest absolute Gasteiger partial charge is 0.350 e. The third-order valence-corrected chi connectivity index (χ3v) is 6.28. The summed E-state index contributed by atoms with van der Waals surface area (Å²) in [7, 11) is -3.97. The summed E-state index contributed by atoms with van der Waals surface area (Å²) in [6.07, 6.45) is 0. The van der Waals surface area contributed by atoms with E-state index in [1.54, 1.807) is 17.5 Å². The number of carbonyl (C=O) groups is 1. The largest absolute Gasteiger partial charge is 0.455 e. The highest BCUT2D eigenvalue weighted by Crippen LogP contribution is 2.26. The minimum atomic E-state index is -3.97. The molecule has 0 amide bonds. The van der Waals surface area contributed by atoms with Crippen LogP contribution in [0.5, 0.6) is 0 Å². The van der Waals surface area contributed by atoms with Crippen LogP contribution in [0, 0.1) is 0 Å². The summed E-state index contributed by atoms with van der Waals surface area (Å²) in [5.41, 5.74) is 1.47. The minimum absolute atomic E-state index is 0.0457. The average molecular weight is 415 g/mol. The number of thiophene rings is 1. The molecule has 0 atom stereocenters. The molecule has 2 aromatic heterocycles. The van der Waals surface area contributed by atoms with Crippen molar-refractivity contribution in [1.82, 2.24) is 4.98 Å². The molecule has 0 aliphatic rings. The normalized spacial score (nSPS) is 11.4. The molecule has 0 spiro atoms. The molecule has 0 radical (unpaired) electrons. The van der Waals surface area contributed by atoms with E-state index >= 15 is 0 Å². The Morgan fingerprint density at radius 1 is 1.20 bits per heavy atom. The van der Waals surface area contributed by atoms with Gasteiger partial charge in [-0.15, -0.1) is 22.7 Å². The number of halogens is 1. The van der Waals surface area contributed by atoms with E-state index in [1.165, 1.54) is 22.8 Å². The molecule has 3 rings (SSSR count). The van der Waals surface area contributed by atoms with Crippen molar-refractivity contribution in [2.45, 2.75) is 11.5 Å². The highest BCUT2D eigenvalue weighted by molar-refractivity contribution is 7.89. The minimum Gasteiger partial charge on any atom is -0.455 e.